The molecular formula is C16H31N. The first-order valence-corrected chi connectivity index (χ1v) is 7.55. The number of hydrogen-bond donors (Lipinski definition) is 0. The average Bonchev–Trinajstić information content (AvgIpc) is 2.17. The zero-order valence-electron chi connectivity index (χ0n) is 12.7. The van der Waals surface area contributed by atoms with Crippen LogP contribution >= 0.6 is 0 Å². The Bertz CT molecular complexity index is 263. The summed E-state index contributed by atoms with van der Waals surface area (Å²) in [4.78, 5) is 2.72. The summed E-state index contributed by atoms with van der Waals surface area (Å²) in [5.41, 5.74) is 0.367. The molecule has 0 spiro atoms. The van der Waals surface area contributed by atoms with Crippen molar-refractivity contribution in [3.63, 3.8) is 0 Å². The molecule has 100 valence electrons. The molecule has 1 heteroatoms. The van der Waals surface area contributed by atoms with Crippen LogP contribution in [0.3, 0.4) is 0 Å². The van der Waals surface area contributed by atoms with E-state index in [4.69, 9.17) is 0 Å². The van der Waals surface area contributed by atoms with Gasteiger partial charge in [0, 0.05) is 12.1 Å². The molecule has 4 atom stereocenters. The fraction of sp³-hybridized carbons (Fsp3) is 1.00. The zero-order valence-corrected chi connectivity index (χ0v) is 12.7. The Morgan fingerprint density at radius 2 is 1.76 bits per heavy atom. The van der Waals surface area contributed by atoms with Gasteiger partial charge in [-0.3, -0.25) is 4.90 Å². The van der Waals surface area contributed by atoms with E-state index in [1.165, 1.54) is 25.9 Å². The van der Waals surface area contributed by atoms with Crippen molar-refractivity contribution >= 4 is 0 Å². The lowest BCUT2D eigenvalue weighted by Gasteiger charge is -2.56. The van der Waals surface area contributed by atoms with Crippen molar-refractivity contribution in [2.45, 2.75) is 59.9 Å². The number of likely N-dealkylation sites (tertiary alicyclic amines) is 1. The van der Waals surface area contributed by atoms with Crippen LogP contribution in [0.2, 0.25) is 0 Å². The van der Waals surface area contributed by atoms with E-state index in [-0.39, 0.29) is 0 Å². The highest BCUT2D eigenvalue weighted by molar-refractivity contribution is 4.98. The molecule has 17 heavy (non-hydrogen) atoms. The average molecular weight is 237 g/mol. The maximum absolute atomic E-state index is 2.72. The van der Waals surface area contributed by atoms with Gasteiger partial charge in [0.2, 0.25) is 0 Å². The first-order valence-electron chi connectivity index (χ1n) is 7.55. The Morgan fingerprint density at radius 3 is 2.29 bits per heavy atom. The number of rotatable bonds is 2. The molecule has 1 saturated heterocycles. The van der Waals surface area contributed by atoms with Gasteiger partial charge in [0.25, 0.3) is 0 Å². The number of hydrogen-bond acceptors (Lipinski definition) is 1. The molecule has 1 heterocycles. The van der Waals surface area contributed by atoms with Crippen molar-refractivity contribution in [1.82, 2.24) is 4.90 Å². The second-order valence-electron chi connectivity index (χ2n) is 7.83. The van der Waals surface area contributed by atoms with Crippen LogP contribution in [0.4, 0.5) is 0 Å². The normalized spacial score (nSPS) is 36.5. The third kappa shape index (κ3) is 2.54. The second-order valence-corrected chi connectivity index (χ2v) is 7.83. The Balaban J connectivity index is 1.97. The first-order chi connectivity index (χ1) is 7.80. The predicted molar refractivity (Wildman–Crippen MR) is 75.0 cm³/mol. The van der Waals surface area contributed by atoms with Crippen LogP contribution in [0, 0.1) is 29.6 Å². The van der Waals surface area contributed by atoms with Gasteiger partial charge in [0.1, 0.15) is 0 Å². The van der Waals surface area contributed by atoms with Gasteiger partial charge < -0.3 is 0 Å². The Kier molecular flexibility index (Phi) is 3.60. The minimum atomic E-state index is 0.367. The Labute approximate surface area is 108 Å². The summed E-state index contributed by atoms with van der Waals surface area (Å²) < 4.78 is 0. The van der Waals surface area contributed by atoms with Gasteiger partial charge in [-0.1, -0.05) is 20.8 Å². The quantitative estimate of drug-likeness (QED) is 0.701. The van der Waals surface area contributed by atoms with Gasteiger partial charge in [0.15, 0.2) is 0 Å². The van der Waals surface area contributed by atoms with E-state index in [2.05, 4.69) is 46.4 Å². The van der Waals surface area contributed by atoms with E-state index in [0.717, 1.165) is 29.6 Å². The van der Waals surface area contributed by atoms with E-state index < -0.39 is 0 Å². The molecule has 0 aromatic carbocycles. The zero-order chi connectivity index (χ0) is 12.8. The van der Waals surface area contributed by atoms with Gasteiger partial charge >= 0.3 is 0 Å². The van der Waals surface area contributed by atoms with Crippen LogP contribution in [-0.4, -0.2) is 23.5 Å². The van der Waals surface area contributed by atoms with Gasteiger partial charge in [-0.15, -0.1) is 0 Å². The standard InChI is InChI=1S/C16H31N/c1-11(2)12(3)14-9-13-7-8-17(10-15(13)14)16(4,5)6/h11-15H,7-10H2,1-6H3. The molecule has 2 aliphatic rings. The highest BCUT2D eigenvalue weighted by Crippen LogP contribution is 2.51. The van der Waals surface area contributed by atoms with Crippen molar-refractivity contribution < 1.29 is 0 Å². The largest absolute Gasteiger partial charge is 0.298 e. The Morgan fingerprint density at radius 1 is 1.12 bits per heavy atom. The number of nitrogens with zero attached hydrogens (tertiary/aromatic N) is 1. The van der Waals surface area contributed by atoms with Crippen molar-refractivity contribution in [1.29, 1.82) is 0 Å². The smallest absolute Gasteiger partial charge is 0.0125 e. The summed E-state index contributed by atoms with van der Waals surface area (Å²) in [7, 11) is 0. The van der Waals surface area contributed by atoms with Crippen molar-refractivity contribution in [2.24, 2.45) is 29.6 Å². The lowest BCUT2D eigenvalue weighted by atomic mass is 9.56. The van der Waals surface area contributed by atoms with Crippen molar-refractivity contribution in [3.05, 3.63) is 0 Å². The minimum Gasteiger partial charge on any atom is -0.298 e. The molecule has 0 amide bonds. The summed E-state index contributed by atoms with van der Waals surface area (Å²) in [6.45, 7) is 17.0. The SMILES string of the molecule is CC(C)C(C)C1CC2CCN(C(C)(C)C)CC21. The molecule has 2 rings (SSSR count). The summed E-state index contributed by atoms with van der Waals surface area (Å²) in [6.07, 6.45) is 2.96. The van der Waals surface area contributed by atoms with Crippen LogP contribution in [0.15, 0.2) is 0 Å². The highest BCUT2D eigenvalue weighted by atomic mass is 15.2. The lowest BCUT2D eigenvalue weighted by molar-refractivity contribution is -0.0709. The second kappa shape index (κ2) is 4.57. The molecule has 2 fully saturated rings. The van der Waals surface area contributed by atoms with Gasteiger partial charge in [-0.05, 0) is 69.7 Å². The molecule has 0 bridgehead atoms. The first kappa shape index (κ1) is 13.4. The topological polar surface area (TPSA) is 3.24 Å². The lowest BCUT2D eigenvalue weighted by Crippen LogP contribution is -2.57. The van der Waals surface area contributed by atoms with E-state index in [1.807, 2.05) is 0 Å². The Hall–Kier alpha value is -0.0400. The van der Waals surface area contributed by atoms with Gasteiger partial charge in [-0.2, -0.15) is 0 Å². The third-order valence-corrected chi connectivity index (χ3v) is 5.61. The van der Waals surface area contributed by atoms with Gasteiger partial charge in [-0.25, -0.2) is 0 Å². The van der Waals surface area contributed by atoms with Crippen molar-refractivity contribution in [3.8, 4) is 0 Å². The minimum absolute atomic E-state index is 0.367. The van der Waals surface area contributed by atoms with Crippen LogP contribution in [0.1, 0.15) is 54.4 Å². The third-order valence-electron chi connectivity index (χ3n) is 5.61. The molecule has 0 aromatic heterocycles. The van der Waals surface area contributed by atoms with E-state index in [1.54, 1.807) is 0 Å². The fourth-order valence-corrected chi connectivity index (χ4v) is 3.84. The fourth-order valence-electron chi connectivity index (χ4n) is 3.84. The summed E-state index contributed by atoms with van der Waals surface area (Å²) in [5, 5.41) is 0. The van der Waals surface area contributed by atoms with Crippen LogP contribution in [-0.2, 0) is 0 Å². The molecule has 1 aliphatic heterocycles. The van der Waals surface area contributed by atoms with Crippen LogP contribution in [0.25, 0.3) is 0 Å². The predicted octanol–water partition coefficient (Wildman–Crippen LogP) is 4.04. The monoisotopic (exact) mass is 237 g/mol. The molecule has 1 nitrogen and oxygen atoms in total. The molecule has 1 saturated carbocycles. The number of fused-ring (bicyclic) bond motifs is 1. The van der Waals surface area contributed by atoms with Crippen LogP contribution < -0.4 is 0 Å². The van der Waals surface area contributed by atoms with Gasteiger partial charge in [0.05, 0.1) is 0 Å². The summed E-state index contributed by atoms with van der Waals surface area (Å²) in [5.74, 6) is 4.83. The maximum Gasteiger partial charge on any atom is 0.0125 e. The summed E-state index contributed by atoms with van der Waals surface area (Å²) >= 11 is 0. The van der Waals surface area contributed by atoms with E-state index in [0.29, 0.717) is 5.54 Å². The molecule has 0 radical (unpaired) electrons. The molecular weight excluding hydrogens is 206 g/mol. The molecule has 4 unspecified atom stereocenters. The molecule has 0 N–H and O–H groups in total. The highest BCUT2D eigenvalue weighted by Gasteiger charge is 2.47. The van der Waals surface area contributed by atoms with E-state index in [9.17, 15) is 0 Å². The number of piperidine rings is 1. The molecule has 0 aromatic rings. The maximum atomic E-state index is 2.72. The molecule has 1 aliphatic carbocycles. The summed E-state index contributed by atoms with van der Waals surface area (Å²) in [6, 6.07) is 0. The van der Waals surface area contributed by atoms with Crippen LogP contribution in [0.5, 0.6) is 0 Å². The van der Waals surface area contributed by atoms with Crippen molar-refractivity contribution in [2.75, 3.05) is 13.1 Å². The van der Waals surface area contributed by atoms with E-state index >= 15 is 0 Å².